The zero-order valence-electron chi connectivity index (χ0n) is 7.38. The summed E-state index contributed by atoms with van der Waals surface area (Å²) in [6.07, 6.45) is 0. The molecule has 76 valence electrons. The van der Waals surface area contributed by atoms with Gasteiger partial charge < -0.3 is 16.6 Å². The molecule has 0 aliphatic carbocycles. The number of hydrogen-bond acceptors (Lipinski definition) is 5. The number of non-ortho nitro benzene ring substituents is 1. The molecule has 0 heterocycles. The zero-order chi connectivity index (χ0) is 10.7. The van der Waals surface area contributed by atoms with Crippen LogP contribution in [-0.2, 0) is 0 Å². The number of nitro benzene ring substituents is 1. The molecular weight excluding hydrogens is 186 g/mol. The maximum atomic E-state index is 10.4. The third kappa shape index (κ3) is 1.98. The van der Waals surface area contributed by atoms with Gasteiger partial charge in [-0.1, -0.05) is 0 Å². The lowest BCUT2D eigenvalue weighted by atomic mass is 10.1. The van der Waals surface area contributed by atoms with E-state index in [-0.39, 0.29) is 18.0 Å². The summed E-state index contributed by atoms with van der Waals surface area (Å²) in [6.45, 7) is 0.120. The second-order valence-corrected chi connectivity index (χ2v) is 2.84. The molecule has 0 saturated heterocycles. The molecule has 0 spiro atoms. The van der Waals surface area contributed by atoms with Crippen LogP contribution < -0.4 is 11.5 Å². The Bertz CT molecular complexity index is 354. The highest BCUT2D eigenvalue weighted by atomic mass is 16.6. The standard InChI is InChI=1S/C8H11N3O3/c9-4-7(10)6-3-5(11(13)14)1-2-8(6)12/h1-3,7,12H,4,9-10H2/t7-/m0/s1. The summed E-state index contributed by atoms with van der Waals surface area (Å²) in [5.74, 6) is -0.0754. The molecule has 0 aromatic heterocycles. The van der Waals surface area contributed by atoms with Gasteiger partial charge in [-0.2, -0.15) is 0 Å². The van der Waals surface area contributed by atoms with Crippen molar-refractivity contribution in [2.45, 2.75) is 6.04 Å². The van der Waals surface area contributed by atoms with Crippen LogP contribution in [0.15, 0.2) is 18.2 Å². The molecule has 0 unspecified atom stereocenters. The molecule has 0 fully saturated rings. The molecule has 0 aliphatic heterocycles. The Labute approximate surface area is 80.3 Å². The Morgan fingerprint density at radius 2 is 2.21 bits per heavy atom. The first-order chi connectivity index (χ1) is 6.56. The van der Waals surface area contributed by atoms with Gasteiger partial charge in [0.25, 0.3) is 5.69 Å². The average molecular weight is 197 g/mol. The second kappa shape index (κ2) is 4.03. The fraction of sp³-hybridized carbons (Fsp3) is 0.250. The lowest BCUT2D eigenvalue weighted by molar-refractivity contribution is -0.385. The van der Waals surface area contributed by atoms with Crippen LogP contribution in [0.5, 0.6) is 5.75 Å². The molecule has 1 rings (SSSR count). The molecule has 6 heteroatoms. The van der Waals surface area contributed by atoms with E-state index in [0.29, 0.717) is 5.56 Å². The van der Waals surface area contributed by atoms with Gasteiger partial charge >= 0.3 is 0 Å². The van der Waals surface area contributed by atoms with E-state index in [0.717, 1.165) is 0 Å². The maximum Gasteiger partial charge on any atom is 0.270 e. The van der Waals surface area contributed by atoms with Crippen LogP contribution in [-0.4, -0.2) is 16.6 Å². The SMILES string of the molecule is NC[C@H](N)c1cc([N+](=O)[O-])ccc1O. The van der Waals surface area contributed by atoms with Crippen LogP contribution in [0, 0.1) is 10.1 Å². The molecule has 0 saturated carbocycles. The summed E-state index contributed by atoms with van der Waals surface area (Å²) in [5, 5.41) is 19.8. The monoisotopic (exact) mass is 197 g/mol. The Morgan fingerprint density at radius 3 is 2.71 bits per heavy atom. The maximum absolute atomic E-state index is 10.4. The first-order valence-corrected chi connectivity index (χ1v) is 3.99. The van der Waals surface area contributed by atoms with Crippen LogP contribution in [0.4, 0.5) is 5.69 Å². The number of rotatable bonds is 3. The summed E-state index contributed by atoms with van der Waals surface area (Å²) < 4.78 is 0. The molecule has 0 amide bonds. The molecule has 14 heavy (non-hydrogen) atoms. The van der Waals surface area contributed by atoms with E-state index in [1.807, 2.05) is 0 Å². The van der Waals surface area contributed by atoms with Gasteiger partial charge in [-0.05, 0) is 6.07 Å². The van der Waals surface area contributed by atoms with E-state index in [9.17, 15) is 15.2 Å². The molecule has 0 bridgehead atoms. The lowest BCUT2D eigenvalue weighted by Crippen LogP contribution is -2.20. The smallest absolute Gasteiger partial charge is 0.270 e. The first-order valence-electron chi connectivity index (χ1n) is 3.99. The first kappa shape index (κ1) is 10.4. The quantitative estimate of drug-likeness (QED) is 0.474. The summed E-state index contributed by atoms with van der Waals surface area (Å²) in [4.78, 5) is 9.88. The Balaban J connectivity index is 3.14. The number of benzene rings is 1. The highest BCUT2D eigenvalue weighted by molar-refractivity contribution is 5.44. The fourth-order valence-corrected chi connectivity index (χ4v) is 1.08. The highest BCUT2D eigenvalue weighted by Crippen LogP contribution is 2.26. The Morgan fingerprint density at radius 1 is 1.57 bits per heavy atom. The van der Waals surface area contributed by atoms with Crippen molar-refractivity contribution in [2.24, 2.45) is 11.5 Å². The molecular formula is C8H11N3O3. The van der Waals surface area contributed by atoms with Gasteiger partial charge in [-0.25, -0.2) is 0 Å². The van der Waals surface area contributed by atoms with Gasteiger partial charge in [0, 0.05) is 30.3 Å². The van der Waals surface area contributed by atoms with E-state index in [4.69, 9.17) is 11.5 Å². The van der Waals surface area contributed by atoms with Gasteiger partial charge in [0.15, 0.2) is 0 Å². The molecule has 1 aromatic carbocycles. The Hall–Kier alpha value is -1.66. The minimum Gasteiger partial charge on any atom is -0.508 e. The molecule has 0 radical (unpaired) electrons. The van der Waals surface area contributed by atoms with Crippen molar-refractivity contribution in [3.05, 3.63) is 33.9 Å². The fourth-order valence-electron chi connectivity index (χ4n) is 1.08. The third-order valence-corrected chi connectivity index (χ3v) is 1.88. The van der Waals surface area contributed by atoms with E-state index in [1.54, 1.807) is 0 Å². The summed E-state index contributed by atoms with van der Waals surface area (Å²) in [6, 6.07) is 3.09. The van der Waals surface area contributed by atoms with Gasteiger partial charge in [-0.15, -0.1) is 0 Å². The van der Waals surface area contributed by atoms with E-state index in [2.05, 4.69) is 0 Å². The van der Waals surface area contributed by atoms with Crippen LogP contribution >= 0.6 is 0 Å². The molecule has 5 N–H and O–H groups in total. The second-order valence-electron chi connectivity index (χ2n) is 2.84. The van der Waals surface area contributed by atoms with E-state index in [1.165, 1.54) is 18.2 Å². The summed E-state index contributed by atoms with van der Waals surface area (Å²) in [5.41, 5.74) is 11.0. The van der Waals surface area contributed by atoms with Crippen LogP contribution in [0.1, 0.15) is 11.6 Å². The normalized spacial score (nSPS) is 12.4. The van der Waals surface area contributed by atoms with Crippen molar-refractivity contribution < 1.29 is 10.0 Å². The third-order valence-electron chi connectivity index (χ3n) is 1.88. The van der Waals surface area contributed by atoms with Crippen molar-refractivity contribution in [1.82, 2.24) is 0 Å². The number of aromatic hydroxyl groups is 1. The molecule has 0 aliphatic rings. The number of nitrogens with two attached hydrogens (primary N) is 2. The van der Waals surface area contributed by atoms with Gasteiger partial charge in [-0.3, -0.25) is 10.1 Å². The Kier molecular flexibility index (Phi) is 3.00. The predicted octanol–water partition coefficient (Wildman–Crippen LogP) is 0.259. The van der Waals surface area contributed by atoms with Gasteiger partial charge in [0.2, 0.25) is 0 Å². The van der Waals surface area contributed by atoms with Crippen LogP contribution in [0.3, 0.4) is 0 Å². The van der Waals surface area contributed by atoms with Crippen LogP contribution in [0.25, 0.3) is 0 Å². The highest BCUT2D eigenvalue weighted by Gasteiger charge is 2.14. The number of phenols is 1. The average Bonchev–Trinajstić information content (AvgIpc) is 2.17. The largest absolute Gasteiger partial charge is 0.508 e. The summed E-state index contributed by atoms with van der Waals surface area (Å²) in [7, 11) is 0. The van der Waals surface area contributed by atoms with Crippen molar-refractivity contribution in [3.8, 4) is 5.75 Å². The number of nitrogens with zero attached hydrogens (tertiary/aromatic N) is 1. The van der Waals surface area contributed by atoms with Gasteiger partial charge in [0.1, 0.15) is 5.75 Å². The van der Waals surface area contributed by atoms with Crippen molar-refractivity contribution in [1.29, 1.82) is 0 Å². The van der Waals surface area contributed by atoms with Gasteiger partial charge in [0.05, 0.1) is 4.92 Å². The van der Waals surface area contributed by atoms with Crippen molar-refractivity contribution >= 4 is 5.69 Å². The molecule has 6 nitrogen and oxygen atoms in total. The topological polar surface area (TPSA) is 115 Å². The van der Waals surface area contributed by atoms with Crippen molar-refractivity contribution in [3.63, 3.8) is 0 Å². The predicted molar refractivity (Wildman–Crippen MR) is 50.7 cm³/mol. The molecule has 1 atom stereocenters. The number of phenolic OH excluding ortho intramolecular Hbond substituents is 1. The zero-order valence-corrected chi connectivity index (χ0v) is 7.38. The van der Waals surface area contributed by atoms with E-state index < -0.39 is 11.0 Å². The molecule has 1 aromatic rings. The minimum absolute atomic E-state index is 0.0754. The minimum atomic E-state index is -0.588. The van der Waals surface area contributed by atoms with Crippen molar-refractivity contribution in [2.75, 3.05) is 6.54 Å². The van der Waals surface area contributed by atoms with Crippen LogP contribution in [0.2, 0.25) is 0 Å². The van der Waals surface area contributed by atoms with E-state index >= 15 is 0 Å². The number of nitro groups is 1. The summed E-state index contributed by atoms with van der Waals surface area (Å²) >= 11 is 0. The lowest BCUT2D eigenvalue weighted by Gasteiger charge is -2.10. The number of hydrogen-bond donors (Lipinski definition) is 3.